The molecule has 2 aliphatic rings. The second kappa shape index (κ2) is 31.6. The first-order chi connectivity index (χ1) is 42.7. The van der Waals surface area contributed by atoms with Crippen molar-refractivity contribution in [3.8, 4) is 0 Å². The molecule has 4 aromatic rings. The number of hydrogen-bond donors (Lipinski definition) is 0. The highest BCUT2D eigenvalue weighted by molar-refractivity contribution is 9.11. The molecule has 0 fully saturated rings. The Balaban J connectivity index is 1.40. The van der Waals surface area contributed by atoms with Crippen molar-refractivity contribution >= 4 is 81.7 Å². The van der Waals surface area contributed by atoms with Crippen LogP contribution in [0.1, 0.15) is 137 Å². The molecule has 1 aliphatic heterocycles. The van der Waals surface area contributed by atoms with Gasteiger partial charge in [-0.3, -0.25) is 4.79 Å². The largest absolute Gasteiger partial charge is 0.496 e. The minimum Gasteiger partial charge on any atom is -0.496 e. The van der Waals surface area contributed by atoms with Gasteiger partial charge in [0.05, 0.1) is 33.0 Å². The molecule has 494 valence electrons. The first kappa shape index (κ1) is 75.2. The topological polar surface area (TPSA) is 89.5 Å². The molecule has 0 aromatic heterocycles. The number of hydrogen-bond acceptors (Lipinski definition) is 8. The lowest BCUT2D eigenvalue weighted by Gasteiger charge is -2.46. The third kappa shape index (κ3) is 17.4. The molecular weight excluding hydrogens is 1260 g/mol. The minimum atomic E-state index is -3.06. The van der Waals surface area contributed by atoms with Crippen molar-refractivity contribution in [2.75, 3.05) is 26.9 Å². The van der Waals surface area contributed by atoms with E-state index in [1.165, 1.54) is 20.7 Å². The molecule has 0 saturated heterocycles. The Morgan fingerprint density at radius 2 is 1.18 bits per heavy atom. The van der Waals surface area contributed by atoms with E-state index >= 15 is 4.79 Å². The standard InChI is InChI=1S/C78H111BrO8Si4/c1-22-89(23-2,24-3)83-48-47-57(4)45-46-65(79)53-70(87-91(77(16,17)18,68-41-33-27-34-42-68)69-43-35-28-36-44-69)60(7)49-58(5)50-61(8)72(80)71-73(82-19)78(86-74(71)81)54-62(9)63(52-64(78)51-59(6)55-84-88(20,21)75(10,11)12)56-85-90(76(13,14)15,66-37-29-25-30-38-66)67-39-31-26-32-40-67/h25-47,50-53,58,60,62,64,70H,22-24,48-49,54-56H2,1-21H3/b46-45+,57-47+,59-51+,61-50+,65-53-/t58-,60-,62?,64+,70+,78-/m0/s1. The van der Waals surface area contributed by atoms with E-state index in [1.807, 2.05) is 13.0 Å². The summed E-state index contributed by atoms with van der Waals surface area (Å²) in [7, 11) is -8.31. The van der Waals surface area contributed by atoms with E-state index < -0.39 is 56.5 Å². The first-order valence-corrected chi connectivity index (χ1v) is 43.4. The van der Waals surface area contributed by atoms with Crippen LogP contribution in [0.15, 0.2) is 202 Å². The van der Waals surface area contributed by atoms with E-state index in [-0.39, 0.29) is 50.3 Å². The fourth-order valence-corrected chi connectivity index (χ4v) is 26.7. The maximum Gasteiger partial charge on any atom is 0.346 e. The van der Waals surface area contributed by atoms with E-state index in [0.29, 0.717) is 38.2 Å². The van der Waals surface area contributed by atoms with Gasteiger partial charge in [0.15, 0.2) is 33.8 Å². The molecule has 1 aliphatic carbocycles. The fraction of sp³-hybridized carbons (Fsp3) is 0.487. The molecule has 0 N–H and O–H groups in total. The third-order valence-electron chi connectivity index (χ3n) is 20.0. The Morgan fingerprint density at radius 3 is 1.63 bits per heavy atom. The van der Waals surface area contributed by atoms with Gasteiger partial charge in [-0.25, -0.2) is 4.79 Å². The fourth-order valence-electron chi connectivity index (χ4n) is 13.4. The van der Waals surface area contributed by atoms with Crippen LogP contribution in [0.4, 0.5) is 0 Å². The molecule has 1 unspecified atom stereocenters. The van der Waals surface area contributed by atoms with Crippen LogP contribution in [0.25, 0.3) is 0 Å². The summed E-state index contributed by atoms with van der Waals surface area (Å²) >= 11 is 4.00. The van der Waals surface area contributed by atoms with Crippen molar-refractivity contribution in [3.05, 3.63) is 202 Å². The van der Waals surface area contributed by atoms with E-state index in [1.54, 1.807) is 7.11 Å². The van der Waals surface area contributed by atoms with E-state index in [4.69, 9.17) is 27.2 Å². The number of ether oxygens (including phenoxy) is 2. The van der Waals surface area contributed by atoms with Crippen molar-refractivity contribution < 1.29 is 36.8 Å². The van der Waals surface area contributed by atoms with Crippen molar-refractivity contribution in [1.29, 1.82) is 0 Å². The summed E-state index contributed by atoms with van der Waals surface area (Å²) in [6.45, 7) is 45.9. The zero-order chi connectivity index (χ0) is 67.4. The smallest absolute Gasteiger partial charge is 0.346 e. The van der Waals surface area contributed by atoms with Crippen LogP contribution in [0.3, 0.4) is 0 Å². The summed E-state index contributed by atoms with van der Waals surface area (Å²) in [5.74, 6) is -1.56. The number of methoxy groups -OCH3 is 1. The summed E-state index contributed by atoms with van der Waals surface area (Å²) in [5.41, 5.74) is 2.34. The van der Waals surface area contributed by atoms with Crippen molar-refractivity contribution in [3.63, 3.8) is 0 Å². The Kier molecular flexibility index (Phi) is 26.1. The molecule has 91 heavy (non-hydrogen) atoms. The predicted molar refractivity (Wildman–Crippen MR) is 396 cm³/mol. The van der Waals surface area contributed by atoms with Gasteiger partial charge >= 0.3 is 5.97 Å². The monoisotopic (exact) mass is 1370 g/mol. The van der Waals surface area contributed by atoms with Gasteiger partial charge in [-0.05, 0) is 135 Å². The summed E-state index contributed by atoms with van der Waals surface area (Å²) in [6.07, 6.45) is 15.8. The van der Waals surface area contributed by atoms with Crippen LogP contribution in [0.2, 0.25) is 46.3 Å². The molecule has 13 heteroatoms. The van der Waals surface area contributed by atoms with Crippen molar-refractivity contribution in [2.45, 2.75) is 196 Å². The van der Waals surface area contributed by atoms with Crippen LogP contribution >= 0.6 is 15.9 Å². The van der Waals surface area contributed by atoms with E-state index in [2.05, 4.69) is 305 Å². The van der Waals surface area contributed by atoms with Gasteiger partial charge in [0.25, 0.3) is 16.6 Å². The lowest BCUT2D eigenvalue weighted by atomic mass is 9.70. The number of esters is 1. The number of benzene rings is 4. The van der Waals surface area contributed by atoms with E-state index in [9.17, 15) is 4.79 Å². The number of carbonyl (C=O) groups is 2. The Labute approximate surface area is 562 Å². The van der Waals surface area contributed by atoms with E-state index in [0.717, 1.165) is 39.3 Å². The Hall–Kier alpha value is -4.81. The molecule has 8 nitrogen and oxygen atoms in total. The number of allylic oxidation sites excluding steroid dienone is 6. The molecule has 6 rings (SSSR count). The van der Waals surface area contributed by atoms with Crippen LogP contribution in [0, 0.1) is 23.7 Å². The second-order valence-electron chi connectivity index (χ2n) is 29.6. The van der Waals surface area contributed by atoms with Crippen LogP contribution in [0.5, 0.6) is 0 Å². The molecule has 0 bridgehead atoms. The van der Waals surface area contributed by atoms with Crippen molar-refractivity contribution in [1.82, 2.24) is 0 Å². The lowest BCUT2D eigenvalue weighted by molar-refractivity contribution is -0.153. The SMILES string of the molecule is CC[Si](CC)(CC)OC/C=C(C)/C=C/C(Br)=C/[C@@H](O[Si](c1ccccc1)(c1ccccc1)C(C)(C)C)[C@@H](C)C[C@H](C)/C=C(\C)C(=O)C1=C(OC)[C@@]2(CC(C)C(CO[Si](c3ccccc3)(c3ccccc3)C(C)(C)C)=C[C@H]2/C=C(\C)CO[Si](C)(C)C(C)(C)C)OC1=O. The van der Waals surface area contributed by atoms with Gasteiger partial charge in [0, 0.05) is 16.8 Å². The molecule has 1 heterocycles. The molecule has 0 radical (unpaired) electrons. The Morgan fingerprint density at radius 1 is 0.692 bits per heavy atom. The van der Waals surface area contributed by atoms with Gasteiger partial charge in [-0.15, -0.1) is 0 Å². The van der Waals surface area contributed by atoms with Crippen LogP contribution in [-0.2, 0) is 36.8 Å². The molecule has 0 saturated carbocycles. The highest BCUT2D eigenvalue weighted by atomic mass is 79.9. The normalized spacial score (nSPS) is 19.8. The molecule has 6 atom stereocenters. The zero-order valence-electron chi connectivity index (χ0n) is 59.3. The van der Waals surface area contributed by atoms with Gasteiger partial charge in [-0.1, -0.05) is 283 Å². The second-order valence-corrected chi connectivity index (χ2v) is 48.6. The molecule has 1 spiro atoms. The third-order valence-corrected chi connectivity index (χ3v) is 39.6. The van der Waals surface area contributed by atoms with Gasteiger partial charge in [0.1, 0.15) is 5.57 Å². The summed E-state index contributed by atoms with van der Waals surface area (Å²) in [6, 6.07) is 46.3. The highest BCUT2D eigenvalue weighted by Gasteiger charge is 2.58. The number of Topliss-reactive ketones (excluding diaryl/α,β-unsaturated/α-hetero) is 1. The number of carbonyl (C=O) groups excluding carboxylic acids is 2. The predicted octanol–water partition coefficient (Wildman–Crippen LogP) is 18.2. The van der Waals surface area contributed by atoms with Gasteiger partial charge in [0.2, 0.25) is 0 Å². The maximum absolute atomic E-state index is 15.3. The lowest BCUT2D eigenvalue weighted by Crippen LogP contribution is -2.68. The minimum absolute atomic E-state index is 0.00821. The highest BCUT2D eigenvalue weighted by Crippen LogP contribution is 2.51. The van der Waals surface area contributed by atoms with Crippen LogP contribution < -0.4 is 20.7 Å². The molecule has 0 amide bonds. The van der Waals surface area contributed by atoms with Crippen molar-refractivity contribution in [2.24, 2.45) is 23.7 Å². The quantitative estimate of drug-likeness (QED) is 0.0133. The van der Waals surface area contributed by atoms with Gasteiger partial charge in [-0.2, -0.15) is 0 Å². The van der Waals surface area contributed by atoms with Gasteiger partial charge < -0.3 is 27.2 Å². The average molecular weight is 1370 g/mol. The molecular formula is C78H111BrO8Si4. The maximum atomic E-state index is 15.3. The molecule has 4 aromatic carbocycles. The number of halogens is 1. The first-order valence-electron chi connectivity index (χ1n) is 33.4. The number of rotatable bonds is 29. The summed E-state index contributed by atoms with van der Waals surface area (Å²) in [5, 5.41) is 4.30. The Bertz CT molecular complexity index is 3200. The summed E-state index contributed by atoms with van der Waals surface area (Å²) in [4.78, 5) is 30.1. The summed E-state index contributed by atoms with van der Waals surface area (Å²) < 4.78 is 43.0. The average Bonchev–Trinajstić information content (AvgIpc) is 1.72. The zero-order valence-corrected chi connectivity index (χ0v) is 64.9. The number of ketones is 1. The van der Waals surface area contributed by atoms with Crippen LogP contribution in [-0.4, -0.2) is 83.7 Å².